The minimum absolute atomic E-state index is 0.0267. The van der Waals surface area contributed by atoms with Crippen LogP contribution in [0.4, 0.5) is 4.79 Å². The first kappa shape index (κ1) is 16.0. The summed E-state index contributed by atoms with van der Waals surface area (Å²) in [7, 11) is 1.23. The molecule has 0 bridgehead atoms. The number of ether oxygens (including phenoxy) is 3. The van der Waals surface area contributed by atoms with E-state index in [-0.39, 0.29) is 13.2 Å². The fourth-order valence-corrected chi connectivity index (χ4v) is 0.883. The molecule has 18 heavy (non-hydrogen) atoms. The summed E-state index contributed by atoms with van der Waals surface area (Å²) in [6.45, 7) is 3.50. The van der Waals surface area contributed by atoms with E-state index in [4.69, 9.17) is 4.74 Å². The highest BCUT2D eigenvalue weighted by Gasteiger charge is 2.08. The maximum absolute atomic E-state index is 11.2. The standard InChI is InChI=1S/C11H17NO6/c1-4-17-9(13)5-6-10(14)18-7-8(2)12-11(15)16-3/h5-6,8H,4,7H2,1-3H3,(H,12,15)/b6-5+/t8-/m0/s1. The lowest BCUT2D eigenvalue weighted by Gasteiger charge is -2.12. The Balaban J connectivity index is 3.89. The van der Waals surface area contributed by atoms with Crippen LogP contribution >= 0.6 is 0 Å². The van der Waals surface area contributed by atoms with Crippen LogP contribution in [0, 0.1) is 0 Å². The molecule has 0 rings (SSSR count). The van der Waals surface area contributed by atoms with Crippen molar-refractivity contribution in [3.63, 3.8) is 0 Å². The molecular weight excluding hydrogens is 242 g/mol. The largest absolute Gasteiger partial charge is 0.463 e. The highest BCUT2D eigenvalue weighted by molar-refractivity contribution is 5.91. The molecule has 0 fully saturated rings. The lowest BCUT2D eigenvalue weighted by atomic mass is 10.4. The van der Waals surface area contributed by atoms with Gasteiger partial charge in [0, 0.05) is 12.2 Å². The van der Waals surface area contributed by atoms with Crippen molar-refractivity contribution in [3.05, 3.63) is 12.2 Å². The van der Waals surface area contributed by atoms with Crippen molar-refractivity contribution >= 4 is 18.0 Å². The van der Waals surface area contributed by atoms with Crippen molar-refractivity contribution < 1.29 is 28.6 Å². The zero-order chi connectivity index (χ0) is 14.0. The normalized spacial score (nSPS) is 11.7. The topological polar surface area (TPSA) is 90.9 Å². The SMILES string of the molecule is CCOC(=O)/C=C/C(=O)OC[C@H](C)NC(=O)OC. The zero-order valence-electron chi connectivity index (χ0n) is 10.6. The van der Waals surface area contributed by atoms with Gasteiger partial charge in [0.15, 0.2) is 0 Å². The first-order valence-corrected chi connectivity index (χ1v) is 5.35. The van der Waals surface area contributed by atoms with Gasteiger partial charge >= 0.3 is 18.0 Å². The Kier molecular flexibility index (Phi) is 8.00. The summed E-state index contributed by atoms with van der Waals surface area (Å²) in [6.07, 6.45) is 1.33. The Labute approximate surface area is 105 Å². The van der Waals surface area contributed by atoms with Gasteiger partial charge in [-0.05, 0) is 13.8 Å². The van der Waals surface area contributed by atoms with Crippen molar-refractivity contribution in [1.82, 2.24) is 5.32 Å². The van der Waals surface area contributed by atoms with Gasteiger partial charge < -0.3 is 19.5 Å². The minimum Gasteiger partial charge on any atom is -0.463 e. The average molecular weight is 259 g/mol. The molecule has 0 spiro atoms. The van der Waals surface area contributed by atoms with E-state index in [1.54, 1.807) is 13.8 Å². The van der Waals surface area contributed by atoms with Gasteiger partial charge in [-0.2, -0.15) is 0 Å². The van der Waals surface area contributed by atoms with Crippen LogP contribution < -0.4 is 5.32 Å². The van der Waals surface area contributed by atoms with Crippen molar-refractivity contribution in [2.45, 2.75) is 19.9 Å². The van der Waals surface area contributed by atoms with E-state index in [1.165, 1.54) is 7.11 Å². The summed E-state index contributed by atoms with van der Waals surface area (Å²) in [6, 6.07) is -0.391. The van der Waals surface area contributed by atoms with Crippen molar-refractivity contribution in [2.75, 3.05) is 20.3 Å². The van der Waals surface area contributed by atoms with E-state index in [0.29, 0.717) is 0 Å². The van der Waals surface area contributed by atoms with E-state index < -0.39 is 24.1 Å². The molecule has 1 amide bonds. The van der Waals surface area contributed by atoms with E-state index in [9.17, 15) is 14.4 Å². The fraction of sp³-hybridized carbons (Fsp3) is 0.545. The molecule has 0 aliphatic heterocycles. The second kappa shape index (κ2) is 9.03. The number of methoxy groups -OCH3 is 1. The first-order valence-electron chi connectivity index (χ1n) is 5.35. The Bertz CT molecular complexity index is 325. The number of hydrogen-bond donors (Lipinski definition) is 1. The monoisotopic (exact) mass is 259 g/mol. The molecule has 0 radical (unpaired) electrons. The van der Waals surface area contributed by atoms with Gasteiger partial charge in [0.05, 0.1) is 19.8 Å². The zero-order valence-corrected chi connectivity index (χ0v) is 10.6. The number of hydrogen-bond acceptors (Lipinski definition) is 6. The predicted octanol–water partition coefficient (Wildman–Crippen LogP) is 0.393. The molecule has 1 atom stereocenters. The van der Waals surface area contributed by atoms with Crippen LogP contribution in [0.25, 0.3) is 0 Å². The number of amides is 1. The molecule has 0 heterocycles. The number of carbonyl (C=O) groups excluding carboxylic acids is 3. The van der Waals surface area contributed by atoms with Crippen molar-refractivity contribution in [3.8, 4) is 0 Å². The molecule has 0 aromatic rings. The summed E-state index contributed by atoms with van der Waals surface area (Å²) in [5.41, 5.74) is 0. The van der Waals surface area contributed by atoms with Gasteiger partial charge in [-0.3, -0.25) is 0 Å². The van der Waals surface area contributed by atoms with Crippen LogP contribution in [0.15, 0.2) is 12.2 Å². The van der Waals surface area contributed by atoms with Gasteiger partial charge in [-0.1, -0.05) is 0 Å². The van der Waals surface area contributed by atoms with Gasteiger partial charge in [-0.25, -0.2) is 14.4 Å². The minimum atomic E-state index is -0.693. The van der Waals surface area contributed by atoms with Crippen molar-refractivity contribution in [2.24, 2.45) is 0 Å². The molecule has 0 aromatic heterocycles. The summed E-state index contributed by atoms with van der Waals surface area (Å²) in [5, 5.41) is 2.42. The third kappa shape index (κ3) is 8.14. The molecule has 0 aliphatic carbocycles. The van der Waals surface area contributed by atoms with Gasteiger partial charge in [-0.15, -0.1) is 0 Å². The molecule has 0 saturated carbocycles. The maximum Gasteiger partial charge on any atom is 0.407 e. The summed E-state index contributed by atoms with van der Waals surface area (Å²) in [4.78, 5) is 32.8. The van der Waals surface area contributed by atoms with E-state index in [2.05, 4.69) is 14.8 Å². The lowest BCUT2D eigenvalue weighted by molar-refractivity contribution is -0.140. The molecule has 0 aromatic carbocycles. The predicted molar refractivity (Wildman–Crippen MR) is 61.7 cm³/mol. The van der Waals surface area contributed by atoms with Gasteiger partial charge in [0.2, 0.25) is 0 Å². The quantitative estimate of drug-likeness (QED) is 0.421. The number of carbonyl (C=O) groups is 3. The Morgan fingerprint density at radius 2 is 1.72 bits per heavy atom. The highest BCUT2D eigenvalue weighted by Crippen LogP contribution is 1.89. The van der Waals surface area contributed by atoms with Gasteiger partial charge in [0.1, 0.15) is 6.61 Å². The average Bonchev–Trinajstić information content (AvgIpc) is 2.34. The van der Waals surface area contributed by atoms with E-state index in [1.807, 2.05) is 0 Å². The highest BCUT2D eigenvalue weighted by atomic mass is 16.5. The maximum atomic E-state index is 11.2. The van der Waals surface area contributed by atoms with E-state index >= 15 is 0 Å². The second-order valence-corrected chi connectivity index (χ2v) is 3.25. The number of rotatable bonds is 6. The number of esters is 2. The molecule has 7 nitrogen and oxygen atoms in total. The van der Waals surface area contributed by atoms with E-state index in [0.717, 1.165) is 12.2 Å². The van der Waals surface area contributed by atoms with Crippen LogP contribution in [-0.4, -0.2) is 44.4 Å². The first-order chi connectivity index (χ1) is 8.49. The van der Waals surface area contributed by atoms with Crippen LogP contribution in [0.2, 0.25) is 0 Å². The molecule has 0 saturated heterocycles. The molecule has 0 unspecified atom stereocenters. The third-order valence-corrected chi connectivity index (χ3v) is 1.67. The Morgan fingerprint density at radius 1 is 1.17 bits per heavy atom. The summed E-state index contributed by atoms with van der Waals surface area (Å²) >= 11 is 0. The third-order valence-electron chi connectivity index (χ3n) is 1.67. The number of nitrogens with one attached hydrogen (secondary N) is 1. The van der Waals surface area contributed by atoms with Crippen LogP contribution in [0.3, 0.4) is 0 Å². The molecular formula is C11H17NO6. The van der Waals surface area contributed by atoms with Crippen LogP contribution in [0.1, 0.15) is 13.8 Å². The molecule has 7 heteroatoms. The van der Waals surface area contributed by atoms with Gasteiger partial charge in [0.25, 0.3) is 0 Å². The van der Waals surface area contributed by atoms with Crippen LogP contribution in [-0.2, 0) is 23.8 Å². The Hall–Kier alpha value is -2.05. The number of alkyl carbamates (subject to hydrolysis) is 1. The summed E-state index contributed by atoms with van der Waals surface area (Å²) < 4.78 is 13.7. The summed E-state index contributed by atoms with van der Waals surface area (Å²) in [5.74, 6) is -1.31. The fourth-order valence-electron chi connectivity index (χ4n) is 0.883. The molecule has 0 aliphatic rings. The smallest absolute Gasteiger partial charge is 0.407 e. The van der Waals surface area contributed by atoms with Crippen molar-refractivity contribution in [1.29, 1.82) is 0 Å². The molecule has 1 N–H and O–H groups in total. The van der Waals surface area contributed by atoms with Crippen LogP contribution in [0.5, 0.6) is 0 Å². The second-order valence-electron chi connectivity index (χ2n) is 3.25. The lowest BCUT2D eigenvalue weighted by Crippen LogP contribution is -2.36. The molecule has 102 valence electrons. The Morgan fingerprint density at radius 3 is 2.22 bits per heavy atom.